The molecule has 0 aromatic heterocycles. The van der Waals surface area contributed by atoms with Gasteiger partial charge in [0.2, 0.25) is 5.91 Å². The Morgan fingerprint density at radius 1 is 1.21 bits per heavy atom. The molecule has 0 saturated carbocycles. The van der Waals surface area contributed by atoms with Crippen molar-refractivity contribution in [1.82, 2.24) is 10.6 Å². The molecular formula is C14H21N3O2. The van der Waals surface area contributed by atoms with E-state index in [2.05, 4.69) is 10.6 Å². The Morgan fingerprint density at radius 3 is 2.37 bits per heavy atom. The lowest BCUT2D eigenvalue weighted by molar-refractivity contribution is -0.120. The average molecular weight is 263 g/mol. The maximum atomic E-state index is 11.8. The molecule has 0 aliphatic heterocycles. The third-order valence-corrected chi connectivity index (χ3v) is 2.51. The molecule has 0 unspecified atom stereocenters. The number of nitrogens with two attached hydrogens (primary N) is 1. The van der Waals surface area contributed by atoms with Crippen molar-refractivity contribution in [1.29, 1.82) is 0 Å². The number of hydrogen-bond acceptors (Lipinski definition) is 3. The molecule has 1 rings (SSSR count). The van der Waals surface area contributed by atoms with Crippen molar-refractivity contribution in [2.75, 3.05) is 13.1 Å². The van der Waals surface area contributed by atoms with Gasteiger partial charge in [0, 0.05) is 11.6 Å². The number of carbonyl (C=O) groups is 2. The fraction of sp³-hybridized carbons (Fsp3) is 0.429. The first-order valence-electron chi connectivity index (χ1n) is 6.39. The van der Waals surface area contributed by atoms with Crippen LogP contribution in [0.3, 0.4) is 0 Å². The second kappa shape index (κ2) is 7.53. The van der Waals surface area contributed by atoms with Crippen molar-refractivity contribution in [3.05, 3.63) is 35.4 Å². The van der Waals surface area contributed by atoms with E-state index in [4.69, 9.17) is 5.73 Å². The van der Waals surface area contributed by atoms with Gasteiger partial charge in [-0.05, 0) is 44.5 Å². The highest BCUT2D eigenvalue weighted by Crippen LogP contribution is 2.04. The number of carbonyl (C=O) groups excluding carboxylic acids is 2. The molecule has 0 saturated heterocycles. The third-order valence-electron chi connectivity index (χ3n) is 2.51. The van der Waals surface area contributed by atoms with Crippen molar-refractivity contribution >= 4 is 11.8 Å². The Morgan fingerprint density at radius 2 is 1.84 bits per heavy atom. The molecule has 0 aliphatic carbocycles. The summed E-state index contributed by atoms with van der Waals surface area (Å²) < 4.78 is 0. The van der Waals surface area contributed by atoms with Crippen molar-refractivity contribution < 1.29 is 9.59 Å². The highest BCUT2D eigenvalue weighted by molar-refractivity contribution is 5.96. The van der Waals surface area contributed by atoms with Crippen molar-refractivity contribution in [2.45, 2.75) is 26.3 Å². The van der Waals surface area contributed by atoms with Crippen LogP contribution in [0, 0.1) is 0 Å². The first-order chi connectivity index (χ1) is 9.02. The molecule has 0 radical (unpaired) electrons. The monoisotopic (exact) mass is 263 g/mol. The predicted octanol–water partition coefficient (Wildman–Crippen LogP) is 0.442. The lowest BCUT2D eigenvalue weighted by Crippen LogP contribution is -2.39. The fourth-order valence-corrected chi connectivity index (χ4v) is 1.63. The minimum Gasteiger partial charge on any atom is -0.352 e. The van der Waals surface area contributed by atoms with E-state index < -0.39 is 0 Å². The van der Waals surface area contributed by atoms with Crippen LogP contribution in [0.1, 0.15) is 29.8 Å². The molecule has 0 aliphatic rings. The quantitative estimate of drug-likeness (QED) is 0.696. The van der Waals surface area contributed by atoms with E-state index in [0.717, 1.165) is 12.0 Å². The summed E-state index contributed by atoms with van der Waals surface area (Å²) in [5.74, 6) is -0.443. The molecule has 5 heteroatoms. The minimum atomic E-state index is -0.252. The summed E-state index contributed by atoms with van der Waals surface area (Å²) in [4.78, 5) is 23.2. The van der Waals surface area contributed by atoms with Crippen LogP contribution in [0.5, 0.6) is 0 Å². The van der Waals surface area contributed by atoms with E-state index in [1.165, 1.54) is 0 Å². The SMILES string of the molecule is CC(C)NC(=O)CNC(=O)c1ccc(CCN)cc1. The van der Waals surface area contributed by atoms with Gasteiger partial charge in [-0.25, -0.2) is 0 Å². The lowest BCUT2D eigenvalue weighted by atomic mass is 10.1. The summed E-state index contributed by atoms with van der Waals surface area (Å²) in [7, 11) is 0. The van der Waals surface area contributed by atoms with Gasteiger partial charge in [-0.15, -0.1) is 0 Å². The van der Waals surface area contributed by atoms with Crippen LogP contribution >= 0.6 is 0 Å². The maximum absolute atomic E-state index is 11.8. The Kier molecular flexibility index (Phi) is 6.02. The Labute approximate surface area is 113 Å². The number of hydrogen-bond donors (Lipinski definition) is 3. The fourth-order valence-electron chi connectivity index (χ4n) is 1.63. The highest BCUT2D eigenvalue weighted by Gasteiger charge is 2.08. The molecule has 0 fully saturated rings. The molecule has 1 aromatic carbocycles. The Balaban J connectivity index is 2.47. The molecular weight excluding hydrogens is 242 g/mol. The van der Waals surface area contributed by atoms with E-state index in [1.54, 1.807) is 12.1 Å². The summed E-state index contributed by atoms with van der Waals surface area (Å²) in [6.45, 7) is 4.31. The standard InChI is InChI=1S/C14H21N3O2/c1-10(2)17-13(18)9-16-14(19)12-5-3-11(4-6-12)7-8-15/h3-6,10H,7-9,15H2,1-2H3,(H,16,19)(H,17,18). The Hall–Kier alpha value is -1.88. The molecule has 4 N–H and O–H groups in total. The number of nitrogens with one attached hydrogen (secondary N) is 2. The average Bonchev–Trinajstić information content (AvgIpc) is 2.36. The van der Waals surface area contributed by atoms with Crippen LogP contribution < -0.4 is 16.4 Å². The molecule has 5 nitrogen and oxygen atoms in total. The second-order valence-electron chi connectivity index (χ2n) is 4.64. The topological polar surface area (TPSA) is 84.2 Å². The van der Waals surface area contributed by atoms with Gasteiger partial charge in [0.05, 0.1) is 6.54 Å². The zero-order valence-electron chi connectivity index (χ0n) is 11.4. The van der Waals surface area contributed by atoms with E-state index in [1.807, 2.05) is 26.0 Å². The Bertz CT molecular complexity index is 427. The zero-order valence-corrected chi connectivity index (χ0v) is 11.4. The summed E-state index contributed by atoms with van der Waals surface area (Å²) in [5.41, 5.74) is 7.09. The minimum absolute atomic E-state index is 0.0123. The van der Waals surface area contributed by atoms with Crippen LogP contribution in [-0.2, 0) is 11.2 Å². The van der Waals surface area contributed by atoms with Crippen molar-refractivity contribution in [3.8, 4) is 0 Å². The smallest absolute Gasteiger partial charge is 0.251 e. The van der Waals surface area contributed by atoms with Gasteiger partial charge < -0.3 is 16.4 Å². The molecule has 0 atom stereocenters. The van der Waals surface area contributed by atoms with Crippen LogP contribution in [-0.4, -0.2) is 30.9 Å². The number of amides is 2. The summed E-state index contributed by atoms with van der Waals surface area (Å²) >= 11 is 0. The van der Waals surface area contributed by atoms with E-state index in [9.17, 15) is 9.59 Å². The first-order valence-corrected chi connectivity index (χ1v) is 6.39. The second-order valence-corrected chi connectivity index (χ2v) is 4.64. The van der Waals surface area contributed by atoms with E-state index in [-0.39, 0.29) is 24.4 Å². The molecule has 19 heavy (non-hydrogen) atoms. The molecule has 0 heterocycles. The molecule has 2 amide bonds. The van der Waals surface area contributed by atoms with E-state index >= 15 is 0 Å². The lowest BCUT2D eigenvalue weighted by Gasteiger charge is -2.09. The van der Waals surface area contributed by atoms with Gasteiger partial charge in [0.1, 0.15) is 0 Å². The van der Waals surface area contributed by atoms with Crippen LogP contribution in [0.2, 0.25) is 0 Å². The molecule has 104 valence electrons. The number of benzene rings is 1. The van der Waals surface area contributed by atoms with Crippen molar-refractivity contribution in [3.63, 3.8) is 0 Å². The third kappa shape index (κ3) is 5.52. The van der Waals surface area contributed by atoms with Gasteiger partial charge in [-0.3, -0.25) is 9.59 Å². The largest absolute Gasteiger partial charge is 0.352 e. The zero-order chi connectivity index (χ0) is 14.3. The van der Waals surface area contributed by atoms with Gasteiger partial charge >= 0.3 is 0 Å². The van der Waals surface area contributed by atoms with Crippen LogP contribution in [0.25, 0.3) is 0 Å². The highest BCUT2D eigenvalue weighted by atomic mass is 16.2. The van der Waals surface area contributed by atoms with Gasteiger partial charge in [0.25, 0.3) is 5.91 Å². The van der Waals surface area contributed by atoms with Crippen molar-refractivity contribution in [2.24, 2.45) is 5.73 Å². The summed E-state index contributed by atoms with van der Waals surface area (Å²) in [5, 5.41) is 5.29. The molecule has 1 aromatic rings. The van der Waals surface area contributed by atoms with Gasteiger partial charge in [0.15, 0.2) is 0 Å². The van der Waals surface area contributed by atoms with Gasteiger partial charge in [-0.1, -0.05) is 12.1 Å². The molecule has 0 spiro atoms. The first kappa shape index (κ1) is 15.2. The normalized spacial score (nSPS) is 10.3. The summed E-state index contributed by atoms with van der Waals surface area (Å²) in [6.07, 6.45) is 0.790. The van der Waals surface area contributed by atoms with Gasteiger partial charge in [-0.2, -0.15) is 0 Å². The maximum Gasteiger partial charge on any atom is 0.251 e. The van der Waals surface area contributed by atoms with Crippen LogP contribution in [0.15, 0.2) is 24.3 Å². The predicted molar refractivity (Wildman–Crippen MR) is 74.8 cm³/mol. The van der Waals surface area contributed by atoms with Crippen LogP contribution in [0.4, 0.5) is 0 Å². The van der Waals surface area contributed by atoms with E-state index in [0.29, 0.717) is 12.1 Å². The molecule has 0 bridgehead atoms. The summed E-state index contributed by atoms with van der Waals surface area (Å²) in [6, 6.07) is 7.28. The number of rotatable bonds is 6.